The average Bonchev–Trinajstić information content (AvgIpc) is 1.87. The van der Waals surface area contributed by atoms with Crippen LogP contribution in [-0.2, 0) is 0 Å². The van der Waals surface area contributed by atoms with E-state index in [1.165, 1.54) is 0 Å². The van der Waals surface area contributed by atoms with Crippen molar-refractivity contribution in [2.24, 2.45) is 5.73 Å². The molecule has 0 aliphatic rings. The Labute approximate surface area is 49.1 Å². The van der Waals surface area contributed by atoms with Crippen molar-refractivity contribution < 1.29 is 10.2 Å². The fraction of sp³-hybridized carbons (Fsp3) is 1.00. The Kier molecular flexibility index (Phi) is 2.97. The van der Waals surface area contributed by atoms with Crippen molar-refractivity contribution in [3.63, 3.8) is 0 Å². The first-order valence-electron chi connectivity index (χ1n) is 2.72. The third-order valence-corrected chi connectivity index (χ3v) is 1.33. The lowest BCUT2D eigenvalue weighted by Gasteiger charge is -2.20. The molecule has 1 unspecified atom stereocenters. The molecule has 8 heavy (non-hydrogen) atoms. The molecule has 3 nitrogen and oxygen atoms in total. The minimum absolute atomic E-state index is 0.125. The van der Waals surface area contributed by atoms with Gasteiger partial charge in [0.05, 0.1) is 12.2 Å². The fourth-order valence-electron chi connectivity index (χ4n) is 0.321. The van der Waals surface area contributed by atoms with E-state index >= 15 is 0 Å². The van der Waals surface area contributed by atoms with Crippen molar-refractivity contribution in [3.8, 4) is 0 Å². The van der Waals surface area contributed by atoms with Crippen molar-refractivity contribution in [2.45, 2.75) is 18.9 Å². The highest BCUT2D eigenvalue weighted by molar-refractivity contribution is 4.75. The molecule has 0 rings (SSSR count). The van der Waals surface area contributed by atoms with E-state index in [-0.39, 0.29) is 13.2 Å². The van der Waals surface area contributed by atoms with Gasteiger partial charge in [-0.15, -0.1) is 0 Å². The Balaban J connectivity index is 3.58. The van der Waals surface area contributed by atoms with Crippen molar-refractivity contribution in [1.82, 2.24) is 0 Å². The second kappa shape index (κ2) is 3.02. The maximum Gasteiger partial charge on any atom is 0.0996 e. The molecule has 0 heterocycles. The molecule has 0 aromatic carbocycles. The molecule has 0 saturated heterocycles. The molecule has 0 bridgehead atoms. The molecule has 50 valence electrons. The monoisotopic (exact) mass is 119 g/mol. The number of hydrogen-bond donors (Lipinski definition) is 3. The molecule has 0 aromatic rings. The zero-order valence-electron chi connectivity index (χ0n) is 5.09. The maximum atomic E-state index is 9.06. The second-order valence-corrected chi connectivity index (χ2v) is 1.94. The van der Waals surface area contributed by atoms with E-state index in [1.807, 2.05) is 0 Å². The van der Waals surface area contributed by atoms with Gasteiger partial charge in [0.1, 0.15) is 0 Å². The highest BCUT2D eigenvalue weighted by Gasteiger charge is 2.20. The normalized spacial score (nSPS) is 18.0. The molecular formula is C5H13NO2. The molecule has 0 spiro atoms. The summed E-state index contributed by atoms with van der Waals surface area (Å²) in [7, 11) is 0. The largest absolute Gasteiger partial charge is 0.393 e. The van der Waals surface area contributed by atoms with Gasteiger partial charge in [0.15, 0.2) is 0 Å². The molecular weight excluding hydrogens is 106 g/mol. The number of aliphatic hydroxyl groups is 2. The Bertz CT molecular complexity index is 53.2. The van der Waals surface area contributed by atoms with Crippen LogP contribution in [0.3, 0.4) is 0 Å². The summed E-state index contributed by atoms with van der Waals surface area (Å²) in [6.45, 7) is 1.66. The minimum atomic E-state index is -1.04. The smallest absolute Gasteiger partial charge is 0.0996 e. The average molecular weight is 119 g/mol. The van der Waals surface area contributed by atoms with Crippen molar-refractivity contribution in [3.05, 3.63) is 0 Å². The van der Waals surface area contributed by atoms with Crippen LogP contribution in [0.4, 0.5) is 0 Å². The van der Waals surface area contributed by atoms with E-state index in [2.05, 4.69) is 0 Å². The number of aliphatic hydroxyl groups excluding tert-OH is 1. The van der Waals surface area contributed by atoms with Gasteiger partial charge >= 0.3 is 0 Å². The van der Waals surface area contributed by atoms with Gasteiger partial charge in [-0.05, 0) is 6.42 Å². The van der Waals surface area contributed by atoms with E-state index in [1.54, 1.807) is 6.92 Å². The Hall–Kier alpha value is -0.120. The summed E-state index contributed by atoms with van der Waals surface area (Å²) in [6, 6.07) is 0. The number of nitrogens with two attached hydrogens (primary N) is 1. The third-order valence-electron chi connectivity index (χ3n) is 1.33. The Morgan fingerprint density at radius 1 is 1.62 bits per heavy atom. The molecule has 0 fully saturated rings. The van der Waals surface area contributed by atoms with Crippen LogP contribution in [0.2, 0.25) is 0 Å². The zero-order chi connectivity index (χ0) is 6.62. The van der Waals surface area contributed by atoms with Crippen LogP contribution >= 0.6 is 0 Å². The first kappa shape index (κ1) is 7.88. The molecule has 0 aliphatic heterocycles. The summed E-state index contributed by atoms with van der Waals surface area (Å²) in [5, 5.41) is 17.5. The van der Waals surface area contributed by atoms with Gasteiger partial charge in [-0.3, -0.25) is 0 Å². The molecule has 0 radical (unpaired) electrons. The predicted octanol–water partition coefficient (Wildman–Crippen LogP) is -0.922. The van der Waals surface area contributed by atoms with Crippen LogP contribution in [0.5, 0.6) is 0 Å². The fourth-order valence-corrected chi connectivity index (χ4v) is 0.321. The predicted molar refractivity (Wildman–Crippen MR) is 31.4 cm³/mol. The molecule has 3 heteroatoms. The van der Waals surface area contributed by atoms with Crippen LogP contribution in [0.25, 0.3) is 0 Å². The SMILES string of the molecule is CCC(O)(CN)CO. The Morgan fingerprint density at radius 3 is 2.12 bits per heavy atom. The van der Waals surface area contributed by atoms with Gasteiger partial charge in [0, 0.05) is 6.54 Å². The molecule has 0 aliphatic carbocycles. The van der Waals surface area contributed by atoms with Gasteiger partial charge in [0.2, 0.25) is 0 Å². The molecule has 0 saturated carbocycles. The minimum Gasteiger partial charge on any atom is -0.393 e. The van der Waals surface area contributed by atoms with Gasteiger partial charge in [0.25, 0.3) is 0 Å². The molecule has 0 amide bonds. The van der Waals surface area contributed by atoms with Gasteiger partial charge in [-0.1, -0.05) is 6.92 Å². The lowest BCUT2D eigenvalue weighted by molar-refractivity contribution is -0.00947. The Morgan fingerprint density at radius 2 is 2.12 bits per heavy atom. The third kappa shape index (κ3) is 1.78. The summed E-state index contributed by atoms with van der Waals surface area (Å²) in [5.74, 6) is 0. The molecule has 4 N–H and O–H groups in total. The lowest BCUT2D eigenvalue weighted by atomic mass is 10.0. The molecule has 0 aromatic heterocycles. The van der Waals surface area contributed by atoms with Crippen LogP contribution < -0.4 is 5.73 Å². The van der Waals surface area contributed by atoms with Gasteiger partial charge < -0.3 is 15.9 Å². The highest BCUT2D eigenvalue weighted by atomic mass is 16.3. The first-order chi connectivity index (χ1) is 3.68. The van der Waals surface area contributed by atoms with Gasteiger partial charge in [-0.25, -0.2) is 0 Å². The standard InChI is InChI=1S/C5H13NO2/c1-2-5(8,3-6)4-7/h7-8H,2-4,6H2,1H3. The van der Waals surface area contributed by atoms with Crippen molar-refractivity contribution in [2.75, 3.05) is 13.2 Å². The van der Waals surface area contributed by atoms with Crippen molar-refractivity contribution in [1.29, 1.82) is 0 Å². The zero-order valence-corrected chi connectivity index (χ0v) is 5.09. The second-order valence-electron chi connectivity index (χ2n) is 1.94. The van der Waals surface area contributed by atoms with E-state index in [0.29, 0.717) is 6.42 Å². The summed E-state index contributed by atoms with van der Waals surface area (Å²) in [6.07, 6.45) is 0.500. The number of hydrogen-bond acceptors (Lipinski definition) is 3. The summed E-state index contributed by atoms with van der Waals surface area (Å²) in [4.78, 5) is 0. The van der Waals surface area contributed by atoms with E-state index < -0.39 is 5.60 Å². The van der Waals surface area contributed by atoms with Crippen LogP contribution in [0.1, 0.15) is 13.3 Å². The first-order valence-corrected chi connectivity index (χ1v) is 2.72. The van der Waals surface area contributed by atoms with Crippen LogP contribution in [-0.4, -0.2) is 29.0 Å². The summed E-state index contributed by atoms with van der Waals surface area (Å²) >= 11 is 0. The van der Waals surface area contributed by atoms with Crippen molar-refractivity contribution >= 4 is 0 Å². The van der Waals surface area contributed by atoms with Gasteiger partial charge in [-0.2, -0.15) is 0 Å². The lowest BCUT2D eigenvalue weighted by Crippen LogP contribution is -2.40. The topological polar surface area (TPSA) is 66.5 Å². The summed E-state index contributed by atoms with van der Waals surface area (Å²) in [5.41, 5.74) is 4.08. The summed E-state index contributed by atoms with van der Waals surface area (Å²) < 4.78 is 0. The van der Waals surface area contributed by atoms with E-state index in [9.17, 15) is 0 Å². The quantitative estimate of drug-likeness (QED) is 0.450. The van der Waals surface area contributed by atoms with E-state index in [4.69, 9.17) is 15.9 Å². The maximum absolute atomic E-state index is 9.06. The van der Waals surface area contributed by atoms with E-state index in [0.717, 1.165) is 0 Å². The number of rotatable bonds is 3. The molecule has 1 atom stereocenters. The highest BCUT2D eigenvalue weighted by Crippen LogP contribution is 2.04. The van der Waals surface area contributed by atoms with Crippen LogP contribution in [0.15, 0.2) is 0 Å². The van der Waals surface area contributed by atoms with Crippen LogP contribution in [0, 0.1) is 0 Å².